The molecule has 1 saturated carbocycles. The van der Waals surface area contributed by atoms with Crippen LogP contribution in [-0.4, -0.2) is 25.9 Å². The molecule has 21 heavy (non-hydrogen) atoms. The first-order chi connectivity index (χ1) is 9.53. The second-order valence-electron chi connectivity index (χ2n) is 4.87. The van der Waals surface area contributed by atoms with Crippen LogP contribution in [0.1, 0.15) is 6.92 Å². The van der Waals surface area contributed by atoms with E-state index in [2.05, 4.69) is 11.9 Å². The molecule has 0 aromatic rings. The molecule has 10 heteroatoms. The summed E-state index contributed by atoms with van der Waals surface area (Å²) in [6.45, 7) is 2.21. The van der Waals surface area contributed by atoms with Crippen LogP contribution >= 0.6 is 69.6 Å². The Morgan fingerprint density at radius 2 is 1.52 bits per heavy atom. The Labute approximate surface area is 167 Å². The summed E-state index contributed by atoms with van der Waals surface area (Å²) in [5.41, 5.74) is 0. The predicted octanol–water partition coefficient (Wildman–Crippen LogP) is 3.33. The number of hydrogen-bond donors (Lipinski definition) is 0. The Morgan fingerprint density at radius 1 is 1.14 bits per heavy atom. The van der Waals surface area contributed by atoms with Crippen molar-refractivity contribution in [2.24, 2.45) is 16.8 Å². The van der Waals surface area contributed by atoms with Crippen molar-refractivity contribution in [3.05, 3.63) is 10.1 Å². The smallest absolute Gasteiger partial charge is 0.250 e. The zero-order chi connectivity index (χ0) is 16.4. The van der Waals surface area contributed by atoms with Gasteiger partial charge in [-0.2, -0.15) is 0 Å². The number of halogens is 6. The number of fused-ring (bicyclic) bond motifs is 5. The van der Waals surface area contributed by atoms with Crippen LogP contribution < -0.4 is 5.11 Å². The molecule has 1 fully saturated rings. The summed E-state index contributed by atoms with van der Waals surface area (Å²) >= 11 is 38.1. The Bertz CT molecular complexity index is 579. The second kappa shape index (κ2) is 5.82. The molecule has 0 spiro atoms. The maximum Gasteiger partial charge on any atom is 0.250 e. The Hall–Kier alpha value is 1.56. The van der Waals surface area contributed by atoms with E-state index in [1.807, 2.05) is 0 Å². The van der Waals surface area contributed by atoms with E-state index in [0.29, 0.717) is 0 Å². The molecule has 2 aliphatic carbocycles. The minimum atomic E-state index is -1.87. The largest absolute Gasteiger partial charge is 0.861 e. The fraction of sp³-hybridized carbons (Fsp3) is 0.636. The molecule has 4 atom stereocenters. The van der Waals surface area contributed by atoms with Gasteiger partial charge in [0.1, 0.15) is 9.75 Å². The second-order valence-corrected chi connectivity index (χ2v) is 12.0. The summed E-state index contributed by atoms with van der Waals surface area (Å²) < 4.78 is -0.423. The molecule has 1 aliphatic heterocycles. The van der Waals surface area contributed by atoms with Crippen molar-refractivity contribution in [2.75, 3.05) is 0 Å². The first-order valence-corrected chi connectivity index (χ1v) is 12.1. The maximum atomic E-state index is 11.8. The Balaban J connectivity index is 0.000000497. The van der Waals surface area contributed by atoms with Crippen molar-refractivity contribution >= 4 is 81.4 Å². The van der Waals surface area contributed by atoms with Crippen LogP contribution in [0.5, 0.6) is 0 Å². The van der Waals surface area contributed by atoms with Crippen molar-refractivity contribution in [1.29, 1.82) is 0 Å². The van der Waals surface area contributed by atoms with Crippen LogP contribution in [-0.2, 0) is 30.9 Å². The molecule has 2 bridgehead atoms. The molecular formula is C11H7Cl6HgNO2. The van der Waals surface area contributed by atoms with E-state index in [0.717, 1.165) is 26.1 Å². The fourth-order valence-electron chi connectivity index (χ4n) is 2.86. The van der Waals surface area contributed by atoms with Gasteiger partial charge in [0.2, 0.25) is 0 Å². The number of aliphatic imine (C=N–C) groups is 1. The van der Waals surface area contributed by atoms with Gasteiger partial charge in [-0.1, -0.05) is 46.4 Å². The summed E-state index contributed by atoms with van der Waals surface area (Å²) in [6, 6.07) is 0. The summed E-state index contributed by atoms with van der Waals surface area (Å²) in [6.07, 6.45) is 0. The van der Waals surface area contributed by atoms with Gasteiger partial charge in [0.25, 0.3) is 5.91 Å². The number of carbonyl (C=O) groups is 1. The number of carbonyl (C=O) groups excluding carboxylic acids is 1. The van der Waals surface area contributed by atoms with Crippen LogP contribution in [0.15, 0.2) is 15.1 Å². The molecule has 1 heterocycles. The van der Waals surface area contributed by atoms with Crippen LogP contribution in [0.3, 0.4) is 0 Å². The minimum absolute atomic E-state index is 0.106. The predicted molar refractivity (Wildman–Crippen MR) is 80.2 cm³/mol. The van der Waals surface area contributed by atoms with Gasteiger partial charge in [-0.15, -0.1) is 23.2 Å². The number of nitrogens with zero attached hydrogens (tertiary/aromatic N) is 1. The number of alkyl halides is 4. The van der Waals surface area contributed by atoms with E-state index in [4.69, 9.17) is 69.6 Å². The Morgan fingerprint density at radius 3 is 1.95 bits per heavy atom. The summed E-state index contributed by atoms with van der Waals surface area (Å²) in [4.78, 5) is 11.6. The number of rotatable bonds is 0. The molecule has 1 amide bonds. The monoisotopic (exact) mass is 597 g/mol. The van der Waals surface area contributed by atoms with Crippen LogP contribution in [0, 0.1) is 11.8 Å². The van der Waals surface area contributed by atoms with Crippen molar-refractivity contribution in [3.63, 3.8) is 0 Å². The van der Waals surface area contributed by atoms with E-state index in [9.17, 15) is 9.90 Å². The first-order valence-electron chi connectivity index (χ1n) is 5.93. The summed E-state index contributed by atoms with van der Waals surface area (Å²) in [5, 5.41) is 11.6. The molecule has 0 aromatic carbocycles. The van der Waals surface area contributed by atoms with Crippen molar-refractivity contribution < 1.29 is 36.0 Å². The number of amides is 1. The average molecular weight is 598 g/mol. The molecule has 3 rings (SSSR count). The third kappa shape index (κ3) is 2.04. The van der Waals surface area contributed by atoms with Gasteiger partial charge in [-0.05, 0) is 5.90 Å². The van der Waals surface area contributed by atoms with Crippen molar-refractivity contribution in [2.45, 2.75) is 24.9 Å². The zero-order valence-corrected chi connectivity index (χ0v) is 20.6. The Kier molecular flexibility index (Phi) is 5.24. The van der Waals surface area contributed by atoms with Crippen LogP contribution in [0.4, 0.5) is 0 Å². The topological polar surface area (TPSA) is 52.5 Å². The molecule has 0 N–H and O–H groups in total. The minimum Gasteiger partial charge on any atom is -0.861 e. The standard InChI is InChI=1S/C9H3Cl6NO2.C2H5.Hg/c10-3-4(11)8(13)2-1(5(17)16-6(2)18)7(3,12)9(8,14)15;1-2;/h1-2H,(H,16,17,18);1H2,2H3;/q;;+1/p-1/t1?,2?,7-,8+;;. The number of hydrogen-bond acceptors (Lipinski definition) is 2. The van der Waals surface area contributed by atoms with Crippen molar-refractivity contribution in [3.8, 4) is 0 Å². The van der Waals surface area contributed by atoms with Gasteiger partial charge in [0.15, 0.2) is 4.33 Å². The quantitative estimate of drug-likeness (QED) is 0.318. The summed E-state index contributed by atoms with van der Waals surface area (Å²) in [5.74, 6) is -3.63. The van der Waals surface area contributed by atoms with Gasteiger partial charge in [-0.3, -0.25) is 4.79 Å². The zero-order valence-electron chi connectivity index (χ0n) is 10.6. The van der Waals surface area contributed by atoms with E-state index in [1.54, 1.807) is 0 Å². The molecule has 3 nitrogen and oxygen atoms in total. The molecular weight excluding hydrogens is 591 g/mol. The van der Waals surface area contributed by atoms with Gasteiger partial charge in [-0.25, -0.2) is 4.99 Å². The maximum absolute atomic E-state index is 11.8. The van der Waals surface area contributed by atoms with Gasteiger partial charge in [0.05, 0.1) is 16.0 Å². The molecule has 112 valence electrons. The van der Waals surface area contributed by atoms with E-state index in [1.165, 1.54) is 3.93 Å². The van der Waals surface area contributed by atoms with E-state index < -0.39 is 37.7 Å². The molecule has 0 aromatic heterocycles. The van der Waals surface area contributed by atoms with Gasteiger partial charge >= 0.3 is 37.0 Å². The van der Waals surface area contributed by atoms with Crippen LogP contribution in [0.2, 0.25) is 3.93 Å². The van der Waals surface area contributed by atoms with E-state index >= 15 is 0 Å². The molecule has 0 saturated heterocycles. The normalized spacial score (nSPS) is 42.7. The van der Waals surface area contributed by atoms with Gasteiger partial charge < -0.3 is 5.11 Å². The van der Waals surface area contributed by atoms with Crippen LogP contribution in [0.25, 0.3) is 0 Å². The SMILES string of the molecule is C[CH2][Hg+].O=C1N=C([O-])C2C1[C@]1(Cl)C(Cl)=C(Cl)[C@@]2(Cl)C1(Cl)Cl. The molecule has 0 radical (unpaired) electrons. The third-order valence-electron chi connectivity index (χ3n) is 3.69. The first kappa shape index (κ1) is 18.9. The average Bonchev–Trinajstić information content (AvgIpc) is 2.79. The molecule has 3 aliphatic rings. The molecule has 2 unspecified atom stereocenters. The summed E-state index contributed by atoms with van der Waals surface area (Å²) in [7, 11) is 0. The van der Waals surface area contributed by atoms with Crippen molar-refractivity contribution in [1.82, 2.24) is 0 Å². The number of allylic oxidation sites excluding steroid dienone is 2. The van der Waals surface area contributed by atoms with Gasteiger partial charge in [0, 0.05) is 5.92 Å². The van der Waals surface area contributed by atoms with E-state index in [-0.39, 0.29) is 10.1 Å². The fourth-order valence-corrected chi connectivity index (χ4v) is 5.79. The third-order valence-corrected chi connectivity index (χ3v) is 7.95.